The monoisotopic (exact) mass is 296 g/mol. The second-order valence-electron chi connectivity index (χ2n) is 5.68. The van der Waals surface area contributed by atoms with Crippen LogP contribution in [-0.2, 0) is 0 Å². The molecule has 0 saturated heterocycles. The number of ether oxygens (including phenoxy) is 1. The van der Waals surface area contributed by atoms with Gasteiger partial charge in [-0.15, -0.1) is 0 Å². The molecule has 0 saturated carbocycles. The van der Waals surface area contributed by atoms with Crippen molar-refractivity contribution in [3.8, 4) is 5.75 Å². The predicted molar refractivity (Wildman–Crippen MR) is 87.1 cm³/mol. The van der Waals surface area contributed by atoms with Gasteiger partial charge in [0, 0.05) is 11.7 Å². The number of methoxy groups -OCH3 is 1. The van der Waals surface area contributed by atoms with Crippen LogP contribution in [0, 0.1) is 0 Å². The SMILES string of the molecule is COc1cccc(C2Nc3ccccc3C(=O)N2C(C)C)c1. The lowest BCUT2D eigenvalue weighted by Crippen LogP contribution is -2.46. The number of carbonyl (C=O) groups excluding carboxylic acids is 1. The molecule has 1 heterocycles. The van der Waals surface area contributed by atoms with Crippen molar-refractivity contribution in [2.75, 3.05) is 12.4 Å². The van der Waals surface area contributed by atoms with Gasteiger partial charge in [0.1, 0.15) is 11.9 Å². The molecule has 0 bridgehead atoms. The van der Waals surface area contributed by atoms with Crippen LogP contribution >= 0.6 is 0 Å². The number of para-hydroxylation sites is 1. The summed E-state index contributed by atoms with van der Waals surface area (Å²) < 4.78 is 5.31. The van der Waals surface area contributed by atoms with Crippen molar-refractivity contribution < 1.29 is 9.53 Å². The lowest BCUT2D eigenvalue weighted by Gasteiger charge is -2.40. The number of amides is 1. The van der Waals surface area contributed by atoms with Gasteiger partial charge in [0.05, 0.1) is 12.7 Å². The number of nitrogens with zero attached hydrogens (tertiary/aromatic N) is 1. The Balaban J connectivity index is 2.07. The number of carbonyl (C=O) groups is 1. The molecule has 1 amide bonds. The Labute approximate surface area is 130 Å². The molecule has 4 nitrogen and oxygen atoms in total. The van der Waals surface area contributed by atoms with E-state index in [0.717, 1.165) is 22.6 Å². The average Bonchev–Trinajstić information content (AvgIpc) is 2.54. The first kappa shape index (κ1) is 14.4. The molecule has 0 spiro atoms. The normalized spacial score (nSPS) is 17.2. The van der Waals surface area contributed by atoms with Crippen molar-refractivity contribution in [2.45, 2.75) is 26.1 Å². The topological polar surface area (TPSA) is 41.6 Å². The second kappa shape index (κ2) is 5.72. The molecular weight excluding hydrogens is 276 g/mol. The van der Waals surface area contributed by atoms with Gasteiger partial charge >= 0.3 is 0 Å². The van der Waals surface area contributed by atoms with Crippen LogP contribution in [0.5, 0.6) is 5.75 Å². The summed E-state index contributed by atoms with van der Waals surface area (Å²) in [6.07, 6.45) is -0.197. The number of hydrogen-bond acceptors (Lipinski definition) is 3. The van der Waals surface area contributed by atoms with Crippen LogP contribution in [0.1, 0.15) is 35.9 Å². The smallest absolute Gasteiger partial charge is 0.258 e. The predicted octanol–water partition coefficient (Wildman–Crippen LogP) is 3.67. The highest BCUT2D eigenvalue weighted by Gasteiger charge is 2.34. The fraction of sp³-hybridized carbons (Fsp3) is 0.278. The zero-order chi connectivity index (χ0) is 15.7. The molecule has 0 aliphatic carbocycles. The maximum Gasteiger partial charge on any atom is 0.258 e. The molecule has 3 rings (SSSR count). The summed E-state index contributed by atoms with van der Waals surface area (Å²) in [4.78, 5) is 14.7. The Bertz CT molecular complexity index is 697. The minimum atomic E-state index is -0.197. The minimum absolute atomic E-state index is 0.0529. The summed E-state index contributed by atoms with van der Waals surface area (Å²) in [5, 5.41) is 3.48. The van der Waals surface area contributed by atoms with Crippen molar-refractivity contribution in [1.82, 2.24) is 4.90 Å². The van der Waals surface area contributed by atoms with Crippen LogP contribution in [0.2, 0.25) is 0 Å². The van der Waals surface area contributed by atoms with Crippen molar-refractivity contribution in [1.29, 1.82) is 0 Å². The van der Waals surface area contributed by atoms with E-state index in [1.54, 1.807) is 7.11 Å². The number of benzene rings is 2. The van der Waals surface area contributed by atoms with Gasteiger partial charge < -0.3 is 15.0 Å². The summed E-state index contributed by atoms with van der Waals surface area (Å²) in [5.41, 5.74) is 2.60. The molecule has 4 heteroatoms. The third-order valence-electron chi connectivity index (χ3n) is 3.93. The summed E-state index contributed by atoms with van der Waals surface area (Å²) in [5.74, 6) is 0.839. The van der Waals surface area contributed by atoms with Gasteiger partial charge in [-0.2, -0.15) is 0 Å². The molecule has 0 radical (unpaired) electrons. The minimum Gasteiger partial charge on any atom is -0.497 e. The summed E-state index contributed by atoms with van der Waals surface area (Å²) in [6.45, 7) is 4.06. The zero-order valence-electron chi connectivity index (χ0n) is 13.0. The molecule has 1 unspecified atom stereocenters. The van der Waals surface area contributed by atoms with Gasteiger partial charge in [-0.25, -0.2) is 0 Å². The quantitative estimate of drug-likeness (QED) is 0.939. The highest BCUT2D eigenvalue weighted by Crippen LogP contribution is 2.35. The largest absolute Gasteiger partial charge is 0.497 e. The van der Waals surface area contributed by atoms with Crippen molar-refractivity contribution in [3.05, 3.63) is 59.7 Å². The van der Waals surface area contributed by atoms with Gasteiger partial charge in [0.25, 0.3) is 5.91 Å². The van der Waals surface area contributed by atoms with Gasteiger partial charge in [-0.05, 0) is 43.7 Å². The Hall–Kier alpha value is -2.49. The maximum absolute atomic E-state index is 12.9. The third-order valence-corrected chi connectivity index (χ3v) is 3.93. The first-order chi connectivity index (χ1) is 10.6. The van der Waals surface area contributed by atoms with Gasteiger partial charge in [-0.3, -0.25) is 4.79 Å². The molecule has 2 aromatic carbocycles. The van der Waals surface area contributed by atoms with Crippen LogP contribution in [0.15, 0.2) is 48.5 Å². The number of nitrogens with one attached hydrogen (secondary N) is 1. The Morgan fingerprint density at radius 3 is 2.64 bits per heavy atom. The van der Waals surface area contributed by atoms with Gasteiger partial charge in [-0.1, -0.05) is 24.3 Å². The fourth-order valence-electron chi connectivity index (χ4n) is 2.86. The molecule has 114 valence electrons. The van der Waals surface area contributed by atoms with E-state index in [9.17, 15) is 4.79 Å². The van der Waals surface area contributed by atoms with E-state index in [1.807, 2.05) is 67.3 Å². The van der Waals surface area contributed by atoms with E-state index >= 15 is 0 Å². The van der Waals surface area contributed by atoms with Crippen LogP contribution in [0.25, 0.3) is 0 Å². The molecule has 22 heavy (non-hydrogen) atoms. The van der Waals surface area contributed by atoms with Crippen LogP contribution in [0.3, 0.4) is 0 Å². The highest BCUT2D eigenvalue weighted by atomic mass is 16.5. The maximum atomic E-state index is 12.9. The molecule has 0 fully saturated rings. The first-order valence-electron chi connectivity index (χ1n) is 7.44. The molecule has 1 N–H and O–H groups in total. The van der Waals surface area contributed by atoms with Crippen LogP contribution in [0.4, 0.5) is 5.69 Å². The van der Waals surface area contributed by atoms with Crippen LogP contribution in [-0.4, -0.2) is 24.0 Å². The van der Waals surface area contributed by atoms with E-state index in [2.05, 4.69) is 5.32 Å². The summed E-state index contributed by atoms with van der Waals surface area (Å²) >= 11 is 0. The molecule has 1 aliphatic heterocycles. The van der Waals surface area contributed by atoms with Gasteiger partial charge in [0.15, 0.2) is 0 Å². The standard InChI is InChI=1S/C18H20N2O2/c1-12(2)20-17(13-7-6-8-14(11-13)22-3)19-16-10-5-4-9-15(16)18(20)21/h4-12,17,19H,1-3H3. The molecule has 1 aliphatic rings. The zero-order valence-corrected chi connectivity index (χ0v) is 13.0. The summed E-state index contributed by atoms with van der Waals surface area (Å²) in [6, 6.07) is 15.5. The number of fused-ring (bicyclic) bond motifs is 1. The number of rotatable bonds is 3. The van der Waals surface area contributed by atoms with Gasteiger partial charge in [0.2, 0.25) is 0 Å². The van der Waals surface area contributed by atoms with E-state index in [0.29, 0.717) is 0 Å². The Morgan fingerprint density at radius 1 is 1.14 bits per heavy atom. The van der Waals surface area contributed by atoms with Crippen molar-refractivity contribution in [3.63, 3.8) is 0 Å². The Kier molecular flexibility index (Phi) is 3.75. The lowest BCUT2D eigenvalue weighted by atomic mass is 10.0. The van der Waals surface area contributed by atoms with Crippen molar-refractivity contribution in [2.24, 2.45) is 0 Å². The molecule has 2 aromatic rings. The second-order valence-corrected chi connectivity index (χ2v) is 5.68. The average molecular weight is 296 g/mol. The van der Waals surface area contributed by atoms with E-state index in [1.165, 1.54) is 0 Å². The Morgan fingerprint density at radius 2 is 1.91 bits per heavy atom. The fourth-order valence-corrected chi connectivity index (χ4v) is 2.86. The highest BCUT2D eigenvalue weighted by molar-refractivity contribution is 6.01. The third kappa shape index (κ3) is 2.41. The van der Waals surface area contributed by atoms with Crippen LogP contribution < -0.4 is 10.1 Å². The molecule has 0 aromatic heterocycles. The lowest BCUT2D eigenvalue weighted by molar-refractivity contribution is 0.0616. The molecular formula is C18H20N2O2. The van der Waals surface area contributed by atoms with E-state index in [4.69, 9.17) is 4.74 Å². The molecule has 1 atom stereocenters. The van der Waals surface area contributed by atoms with E-state index < -0.39 is 0 Å². The number of hydrogen-bond donors (Lipinski definition) is 1. The summed E-state index contributed by atoms with van der Waals surface area (Å²) in [7, 11) is 1.65. The van der Waals surface area contributed by atoms with Crippen molar-refractivity contribution >= 4 is 11.6 Å². The number of anilines is 1. The van der Waals surface area contributed by atoms with E-state index in [-0.39, 0.29) is 18.1 Å². The first-order valence-corrected chi connectivity index (χ1v) is 7.44.